The van der Waals surface area contributed by atoms with Crippen molar-refractivity contribution in [3.8, 4) is 0 Å². The minimum absolute atomic E-state index is 0.203. The third-order valence-corrected chi connectivity index (χ3v) is 3.55. The van der Waals surface area contributed by atoms with Gasteiger partial charge < -0.3 is 15.8 Å². The number of benzene rings is 1. The lowest BCUT2D eigenvalue weighted by Gasteiger charge is -2.24. The molecule has 1 fully saturated rings. The van der Waals surface area contributed by atoms with Crippen molar-refractivity contribution in [3.63, 3.8) is 0 Å². The molecule has 98 valence electrons. The van der Waals surface area contributed by atoms with Crippen LogP contribution in [0.5, 0.6) is 0 Å². The molecule has 2 unspecified atom stereocenters. The van der Waals surface area contributed by atoms with E-state index in [9.17, 15) is 0 Å². The summed E-state index contributed by atoms with van der Waals surface area (Å²) in [7, 11) is -1.21. The van der Waals surface area contributed by atoms with Crippen LogP contribution in [0.15, 0.2) is 30.3 Å². The predicted molar refractivity (Wildman–Crippen MR) is 72.8 cm³/mol. The van der Waals surface area contributed by atoms with Crippen LogP contribution in [0.3, 0.4) is 0 Å². The van der Waals surface area contributed by atoms with Crippen molar-refractivity contribution in [2.75, 3.05) is 6.54 Å². The summed E-state index contributed by atoms with van der Waals surface area (Å²) in [5.41, 5.74) is 7.29. The first kappa shape index (κ1) is 13.6. The zero-order valence-electron chi connectivity index (χ0n) is 10.6. The maximum absolute atomic E-state index is 8.96. The van der Waals surface area contributed by atoms with E-state index in [4.69, 9.17) is 15.8 Å². The second kappa shape index (κ2) is 6.34. The molecule has 4 N–H and O–H groups in total. The zero-order valence-corrected chi connectivity index (χ0v) is 10.6. The normalized spacial score (nSPS) is 24.4. The van der Waals surface area contributed by atoms with Gasteiger partial charge in [0, 0.05) is 25.2 Å². The van der Waals surface area contributed by atoms with Crippen LogP contribution in [0.2, 0.25) is 6.32 Å². The molecule has 18 heavy (non-hydrogen) atoms. The standard InChI is InChI=1S/C13H21BN2O2/c15-12-8-13(6-7-14(17)18)16(10-12)9-11-4-2-1-3-5-11/h1-5,12-13,17-18H,6-10,15H2. The SMILES string of the molecule is NC1CC(CCB(O)O)N(Cc2ccccc2)C1. The molecule has 4 nitrogen and oxygen atoms in total. The minimum Gasteiger partial charge on any atom is -0.427 e. The van der Waals surface area contributed by atoms with Crippen LogP contribution in [0.25, 0.3) is 0 Å². The van der Waals surface area contributed by atoms with Gasteiger partial charge in [0.1, 0.15) is 0 Å². The van der Waals surface area contributed by atoms with E-state index < -0.39 is 7.12 Å². The molecule has 1 aliphatic heterocycles. The molecule has 5 heteroatoms. The summed E-state index contributed by atoms with van der Waals surface area (Å²) in [6, 6.07) is 10.9. The van der Waals surface area contributed by atoms with Crippen molar-refractivity contribution < 1.29 is 10.0 Å². The molecule has 0 bridgehead atoms. The summed E-state index contributed by atoms with van der Waals surface area (Å²) in [6.45, 7) is 1.78. The molecular weight excluding hydrogens is 227 g/mol. The van der Waals surface area contributed by atoms with Crippen LogP contribution >= 0.6 is 0 Å². The summed E-state index contributed by atoms with van der Waals surface area (Å²) in [6.07, 6.45) is 2.15. The smallest absolute Gasteiger partial charge is 0.427 e. The third kappa shape index (κ3) is 3.81. The minimum atomic E-state index is -1.21. The van der Waals surface area contributed by atoms with Crippen molar-refractivity contribution in [3.05, 3.63) is 35.9 Å². The van der Waals surface area contributed by atoms with E-state index in [0.717, 1.165) is 25.9 Å². The average molecular weight is 248 g/mol. The predicted octanol–water partition coefficient (Wildman–Crippen LogP) is 0.451. The summed E-state index contributed by atoms with van der Waals surface area (Å²) >= 11 is 0. The van der Waals surface area contributed by atoms with E-state index in [0.29, 0.717) is 12.4 Å². The van der Waals surface area contributed by atoms with Gasteiger partial charge in [0.05, 0.1) is 0 Å². The summed E-state index contributed by atoms with van der Waals surface area (Å²) < 4.78 is 0. The molecule has 0 saturated carbocycles. The van der Waals surface area contributed by atoms with Gasteiger partial charge in [-0.1, -0.05) is 30.3 Å². The molecule has 0 aromatic heterocycles. The number of rotatable bonds is 5. The Balaban J connectivity index is 1.92. The monoisotopic (exact) mass is 248 g/mol. The largest absolute Gasteiger partial charge is 0.451 e. The van der Waals surface area contributed by atoms with Crippen molar-refractivity contribution >= 4 is 7.12 Å². The first-order valence-electron chi connectivity index (χ1n) is 6.55. The fourth-order valence-corrected chi connectivity index (χ4v) is 2.68. The van der Waals surface area contributed by atoms with Crippen molar-refractivity contribution in [1.82, 2.24) is 4.90 Å². The van der Waals surface area contributed by atoms with Crippen LogP contribution in [-0.2, 0) is 6.54 Å². The average Bonchev–Trinajstić information content (AvgIpc) is 2.68. The van der Waals surface area contributed by atoms with Gasteiger partial charge in [-0.2, -0.15) is 0 Å². The van der Waals surface area contributed by atoms with E-state index in [2.05, 4.69) is 17.0 Å². The lowest BCUT2D eigenvalue weighted by molar-refractivity contribution is 0.235. The Morgan fingerprint density at radius 3 is 2.67 bits per heavy atom. The molecule has 1 heterocycles. The van der Waals surface area contributed by atoms with E-state index in [1.54, 1.807) is 0 Å². The Kier molecular flexibility index (Phi) is 4.77. The quantitative estimate of drug-likeness (QED) is 0.662. The number of likely N-dealkylation sites (tertiary alicyclic amines) is 1. The van der Waals surface area contributed by atoms with E-state index in [1.807, 2.05) is 18.2 Å². The second-order valence-corrected chi connectivity index (χ2v) is 5.12. The van der Waals surface area contributed by atoms with Crippen LogP contribution in [0.1, 0.15) is 18.4 Å². The second-order valence-electron chi connectivity index (χ2n) is 5.12. The maximum atomic E-state index is 8.96. The first-order chi connectivity index (χ1) is 8.65. The van der Waals surface area contributed by atoms with Crippen LogP contribution in [0.4, 0.5) is 0 Å². The van der Waals surface area contributed by atoms with Gasteiger partial charge in [-0.3, -0.25) is 4.90 Å². The fraction of sp³-hybridized carbons (Fsp3) is 0.538. The Hall–Kier alpha value is -0.875. The Bertz CT molecular complexity index is 361. The summed E-state index contributed by atoms with van der Waals surface area (Å²) in [5.74, 6) is 0. The Morgan fingerprint density at radius 1 is 1.28 bits per heavy atom. The Labute approximate surface area is 109 Å². The van der Waals surface area contributed by atoms with E-state index in [1.165, 1.54) is 5.56 Å². The molecule has 1 aliphatic rings. The molecule has 2 atom stereocenters. The van der Waals surface area contributed by atoms with Gasteiger partial charge in [0.25, 0.3) is 0 Å². The number of nitrogens with zero attached hydrogens (tertiary/aromatic N) is 1. The van der Waals surface area contributed by atoms with Gasteiger partial charge >= 0.3 is 7.12 Å². The number of hydrogen-bond acceptors (Lipinski definition) is 4. The molecule has 0 spiro atoms. The molecule has 0 amide bonds. The van der Waals surface area contributed by atoms with Gasteiger partial charge in [0.2, 0.25) is 0 Å². The van der Waals surface area contributed by atoms with E-state index in [-0.39, 0.29) is 6.04 Å². The zero-order chi connectivity index (χ0) is 13.0. The topological polar surface area (TPSA) is 69.7 Å². The number of nitrogens with two attached hydrogens (primary N) is 1. The highest BCUT2D eigenvalue weighted by atomic mass is 16.4. The van der Waals surface area contributed by atoms with Crippen molar-refractivity contribution in [2.24, 2.45) is 5.73 Å². The Morgan fingerprint density at radius 2 is 2.00 bits per heavy atom. The van der Waals surface area contributed by atoms with Crippen molar-refractivity contribution in [1.29, 1.82) is 0 Å². The fourth-order valence-electron chi connectivity index (χ4n) is 2.68. The van der Waals surface area contributed by atoms with Crippen LogP contribution in [0, 0.1) is 0 Å². The molecular formula is C13H21BN2O2. The van der Waals surface area contributed by atoms with E-state index >= 15 is 0 Å². The first-order valence-corrected chi connectivity index (χ1v) is 6.55. The molecule has 0 aliphatic carbocycles. The van der Waals surface area contributed by atoms with Gasteiger partial charge in [-0.05, 0) is 24.7 Å². The van der Waals surface area contributed by atoms with Crippen LogP contribution < -0.4 is 5.73 Å². The highest BCUT2D eigenvalue weighted by Gasteiger charge is 2.30. The lowest BCUT2D eigenvalue weighted by atomic mass is 9.82. The number of hydrogen-bond donors (Lipinski definition) is 3. The van der Waals surface area contributed by atoms with Gasteiger partial charge in [-0.15, -0.1) is 0 Å². The third-order valence-electron chi connectivity index (χ3n) is 3.55. The summed E-state index contributed by atoms with van der Waals surface area (Å²) in [4.78, 5) is 2.35. The molecule has 1 aromatic rings. The highest BCUT2D eigenvalue weighted by molar-refractivity contribution is 6.40. The van der Waals surface area contributed by atoms with Crippen LogP contribution in [-0.4, -0.2) is 40.7 Å². The molecule has 2 rings (SSSR count). The molecule has 1 saturated heterocycles. The molecule has 0 radical (unpaired) electrons. The maximum Gasteiger partial charge on any atom is 0.451 e. The molecule has 1 aromatic carbocycles. The highest BCUT2D eigenvalue weighted by Crippen LogP contribution is 2.23. The van der Waals surface area contributed by atoms with Crippen molar-refractivity contribution in [2.45, 2.75) is 37.8 Å². The summed E-state index contributed by atoms with van der Waals surface area (Å²) in [5, 5.41) is 17.9. The lowest BCUT2D eigenvalue weighted by Crippen LogP contribution is -2.31. The van der Waals surface area contributed by atoms with Gasteiger partial charge in [0.15, 0.2) is 0 Å². The van der Waals surface area contributed by atoms with Gasteiger partial charge in [-0.25, -0.2) is 0 Å².